The van der Waals surface area contributed by atoms with Crippen LogP contribution >= 0.6 is 0 Å². The highest BCUT2D eigenvalue weighted by Crippen LogP contribution is 2.06. The van der Waals surface area contributed by atoms with Crippen LogP contribution in [0.15, 0.2) is 11.4 Å². The molecule has 7 nitrogen and oxygen atoms in total. The van der Waals surface area contributed by atoms with Gasteiger partial charge in [-0.2, -0.15) is 5.10 Å². The number of aryl methyl sites for hydroxylation is 2. The van der Waals surface area contributed by atoms with Gasteiger partial charge < -0.3 is 16.3 Å². The van der Waals surface area contributed by atoms with Crippen LogP contribution in [-0.4, -0.2) is 32.8 Å². The van der Waals surface area contributed by atoms with Crippen molar-refractivity contribution in [2.45, 2.75) is 32.7 Å². The number of carbonyl (C=O) groups is 1. The molecular formula is C11H19N5O2. The summed E-state index contributed by atoms with van der Waals surface area (Å²) in [4.78, 5) is 12.0. The lowest BCUT2D eigenvalue weighted by molar-refractivity contribution is 0.0944. The van der Waals surface area contributed by atoms with E-state index in [4.69, 9.17) is 10.9 Å². The minimum absolute atomic E-state index is 0.00624. The molecule has 0 fully saturated rings. The Morgan fingerprint density at radius 2 is 2.39 bits per heavy atom. The smallest absolute Gasteiger partial charge is 0.255 e. The van der Waals surface area contributed by atoms with Crippen molar-refractivity contribution in [2.75, 3.05) is 0 Å². The van der Waals surface area contributed by atoms with Gasteiger partial charge in [-0.05, 0) is 13.3 Å². The highest BCUT2D eigenvalue weighted by atomic mass is 16.4. The third kappa shape index (κ3) is 3.22. The van der Waals surface area contributed by atoms with E-state index in [0.717, 1.165) is 6.42 Å². The molecule has 0 saturated heterocycles. The summed E-state index contributed by atoms with van der Waals surface area (Å²) in [5.41, 5.74) is 6.67. The zero-order valence-electron chi connectivity index (χ0n) is 10.8. The van der Waals surface area contributed by atoms with Crippen LogP contribution in [-0.2, 0) is 7.05 Å². The largest absolute Gasteiger partial charge is 0.409 e. The summed E-state index contributed by atoms with van der Waals surface area (Å²) in [6.07, 6.45) is 3.06. The van der Waals surface area contributed by atoms with Crippen molar-refractivity contribution in [3.63, 3.8) is 0 Å². The van der Waals surface area contributed by atoms with Crippen molar-refractivity contribution in [3.05, 3.63) is 17.5 Å². The van der Waals surface area contributed by atoms with Gasteiger partial charge >= 0.3 is 0 Å². The minimum Gasteiger partial charge on any atom is -0.409 e. The van der Waals surface area contributed by atoms with Gasteiger partial charge in [0.05, 0.1) is 17.3 Å². The quantitative estimate of drug-likeness (QED) is 0.305. The average Bonchev–Trinajstić information content (AvgIpc) is 2.67. The molecule has 4 N–H and O–H groups in total. The van der Waals surface area contributed by atoms with E-state index in [0.29, 0.717) is 17.7 Å². The van der Waals surface area contributed by atoms with Crippen LogP contribution in [0.4, 0.5) is 0 Å². The molecule has 0 bridgehead atoms. The van der Waals surface area contributed by atoms with Crippen molar-refractivity contribution in [3.8, 4) is 0 Å². The van der Waals surface area contributed by atoms with Gasteiger partial charge in [0, 0.05) is 13.2 Å². The van der Waals surface area contributed by atoms with Gasteiger partial charge in [-0.1, -0.05) is 18.5 Å². The van der Waals surface area contributed by atoms with Crippen LogP contribution in [0.3, 0.4) is 0 Å². The molecule has 0 radical (unpaired) electrons. The summed E-state index contributed by atoms with van der Waals surface area (Å²) < 4.78 is 1.57. The fraction of sp³-hybridized carbons (Fsp3) is 0.545. The molecule has 100 valence electrons. The van der Waals surface area contributed by atoms with Crippen molar-refractivity contribution in [2.24, 2.45) is 17.9 Å². The molecule has 1 unspecified atom stereocenters. The van der Waals surface area contributed by atoms with Gasteiger partial charge in [0.25, 0.3) is 5.91 Å². The van der Waals surface area contributed by atoms with Gasteiger partial charge in [-0.15, -0.1) is 0 Å². The fourth-order valence-corrected chi connectivity index (χ4v) is 1.71. The van der Waals surface area contributed by atoms with Crippen molar-refractivity contribution in [1.82, 2.24) is 15.1 Å². The number of nitrogens with one attached hydrogen (secondary N) is 1. The van der Waals surface area contributed by atoms with Crippen LogP contribution in [0.1, 0.15) is 35.8 Å². The zero-order valence-corrected chi connectivity index (χ0v) is 10.8. The Morgan fingerprint density at radius 1 is 1.72 bits per heavy atom. The van der Waals surface area contributed by atoms with Gasteiger partial charge in [-0.25, -0.2) is 0 Å². The molecule has 0 aliphatic rings. The lowest BCUT2D eigenvalue weighted by atomic mass is 10.1. The van der Waals surface area contributed by atoms with Crippen molar-refractivity contribution >= 4 is 11.7 Å². The first-order valence-corrected chi connectivity index (χ1v) is 5.78. The number of aromatic nitrogens is 2. The van der Waals surface area contributed by atoms with E-state index in [1.807, 2.05) is 6.92 Å². The van der Waals surface area contributed by atoms with Gasteiger partial charge in [0.2, 0.25) is 0 Å². The van der Waals surface area contributed by atoms with Gasteiger partial charge in [-0.3, -0.25) is 9.48 Å². The highest BCUT2D eigenvalue weighted by Gasteiger charge is 2.19. The van der Waals surface area contributed by atoms with E-state index >= 15 is 0 Å². The third-order valence-electron chi connectivity index (χ3n) is 2.61. The van der Waals surface area contributed by atoms with Crippen molar-refractivity contribution < 1.29 is 10.0 Å². The summed E-state index contributed by atoms with van der Waals surface area (Å²) >= 11 is 0. The van der Waals surface area contributed by atoms with E-state index in [1.165, 1.54) is 0 Å². The lowest BCUT2D eigenvalue weighted by Gasteiger charge is -2.16. The monoisotopic (exact) mass is 253 g/mol. The Morgan fingerprint density at radius 3 is 2.83 bits per heavy atom. The Balaban J connectivity index is 2.81. The second kappa shape index (κ2) is 6.04. The van der Waals surface area contributed by atoms with E-state index in [9.17, 15) is 4.79 Å². The number of amides is 1. The first kappa shape index (κ1) is 14.0. The summed E-state index contributed by atoms with van der Waals surface area (Å²) in [7, 11) is 1.75. The van der Waals surface area contributed by atoms with Crippen LogP contribution in [0.5, 0.6) is 0 Å². The predicted molar refractivity (Wildman–Crippen MR) is 67.5 cm³/mol. The summed E-state index contributed by atoms with van der Waals surface area (Å²) in [5.74, 6) is -0.266. The molecule has 1 heterocycles. The summed E-state index contributed by atoms with van der Waals surface area (Å²) in [6.45, 7) is 3.71. The second-order valence-electron chi connectivity index (χ2n) is 4.14. The van der Waals surface area contributed by atoms with Gasteiger partial charge in [0.15, 0.2) is 5.84 Å². The third-order valence-corrected chi connectivity index (χ3v) is 2.61. The Kier molecular flexibility index (Phi) is 4.70. The first-order valence-electron chi connectivity index (χ1n) is 5.78. The topological polar surface area (TPSA) is 106 Å². The molecule has 0 aromatic carbocycles. The highest BCUT2D eigenvalue weighted by molar-refractivity contribution is 5.98. The summed E-state index contributed by atoms with van der Waals surface area (Å²) in [6, 6.07) is -0.466. The molecular weight excluding hydrogens is 234 g/mol. The Bertz CT molecular complexity index is 452. The number of amidine groups is 1. The van der Waals surface area contributed by atoms with E-state index in [-0.39, 0.29) is 11.7 Å². The maximum atomic E-state index is 12.0. The average molecular weight is 253 g/mol. The maximum Gasteiger partial charge on any atom is 0.255 e. The van der Waals surface area contributed by atoms with E-state index < -0.39 is 6.04 Å². The molecule has 1 atom stereocenters. The maximum absolute atomic E-state index is 12.0. The Labute approximate surface area is 106 Å². The SMILES string of the molecule is CCCC(NC(=O)c1cn(C)nc1C)C(N)=NO. The van der Waals surface area contributed by atoms with E-state index in [2.05, 4.69) is 15.6 Å². The van der Waals surface area contributed by atoms with Crippen LogP contribution in [0, 0.1) is 6.92 Å². The summed E-state index contributed by atoms with van der Waals surface area (Å²) in [5, 5.41) is 18.4. The molecule has 0 aliphatic heterocycles. The standard InChI is InChI=1S/C11H19N5O2/c1-4-5-9(10(12)15-18)13-11(17)8-6-16(3)14-7(8)2/h6,9,18H,4-5H2,1-3H3,(H2,12,15)(H,13,17). The predicted octanol–water partition coefficient (Wildman–Crippen LogP) is 0.373. The zero-order chi connectivity index (χ0) is 13.7. The number of hydrogen-bond acceptors (Lipinski definition) is 4. The Hall–Kier alpha value is -2.05. The molecule has 7 heteroatoms. The van der Waals surface area contributed by atoms with Crippen molar-refractivity contribution in [1.29, 1.82) is 0 Å². The van der Waals surface area contributed by atoms with Gasteiger partial charge in [0.1, 0.15) is 0 Å². The number of hydrogen-bond donors (Lipinski definition) is 3. The second-order valence-corrected chi connectivity index (χ2v) is 4.14. The molecule has 1 amide bonds. The molecule has 0 aliphatic carbocycles. The van der Waals surface area contributed by atoms with Crippen LogP contribution < -0.4 is 11.1 Å². The van der Waals surface area contributed by atoms with Crippen LogP contribution in [0.2, 0.25) is 0 Å². The van der Waals surface area contributed by atoms with E-state index in [1.54, 1.807) is 24.9 Å². The minimum atomic E-state index is -0.466. The molecule has 1 rings (SSSR count). The number of nitrogens with zero attached hydrogens (tertiary/aromatic N) is 3. The number of nitrogens with two attached hydrogens (primary N) is 1. The normalized spacial score (nSPS) is 13.4. The lowest BCUT2D eigenvalue weighted by Crippen LogP contribution is -2.44. The van der Waals surface area contributed by atoms with Crippen LogP contribution in [0.25, 0.3) is 0 Å². The molecule has 1 aromatic rings. The molecule has 1 aromatic heterocycles. The molecule has 0 saturated carbocycles. The molecule has 0 spiro atoms. The molecule has 18 heavy (non-hydrogen) atoms. The fourth-order valence-electron chi connectivity index (χ4n) is 1.71. The number of carbonyl (C=O) groups excluding carboxylic acids is 1. The number of rotatable bonds is 5. The number of oxime groups is 1. The first-order chi connectivity index (χ1) is 8.49.